The van der Waals surface area contributed by atoms with Gasteiger partial charge in [0.25, 0.3) is 13.4 Å². The number of aromatic amines is 1. The van der Waals surface area contributed by atoms with Crippen LogP contribution in [-0.4, -0.2) is 45.3 Å². The number of aromatic nitrogens is 2. The van der Waals surface area contributed by atoms with Gasteiger partial charge in [-0.05, 0) is 18.7 Å². The highest BCUT2D eigenvalue weighted by Gasteiger charge is 2.41. The molecule has 0 spiro atoms. The first-order valence-electron chi connectivity index (χ1n) is 7.14. The summed E-state index contributed by atoms with van der Waals surface area (Å²) in [5.74, 6) is 0. The van der Waals surface area contributed by atoms with Crippen molar-refractivity contribution in [1.29, 1.82) is 0 Å². The fourth-order valence-corrected chi connectivity index (χ4v) is 3.63. The van der Waals surface area contributed by atoms with Crippen molar-refractivity contribution < 1.29 is 37.6 Å². The lowest BCUT2D eigenvalue weighted by Gasteiger charge is -2.24. The lowest BCUT2D eigenvalue weighted by Crippen LogP contribution is -2.33. The lowest BCUT2D eigenvalue weighted by atomic mass is 10.2. The SMILES string of the molecule is COP(O)(=S)O[C@@H]1C[C@H](n2cc(C)c(=O)[nH]c2=O)O[C@@H]1COP(=O)([O-])O. The van der Waals surface area contributed by atoms with Gasteiger partial charge >= 0.3 is 12.4 Å². The molecular formula is C11H17N2O10P2S-. The molecule has 0 saturated carbocycles. The molecule has 1 aliphatic rings. The van der Waals surface area contributed by atoms with Crippen molar-refractivity contribution >= 4 is 26.3 Å². The molecule has 0 bridgehead atoms. The molecule has 0 aromatic carbocycles. The van der Waals surface area contributed by atoms with Gasteiger partial charge < -0.3 is 33.0 Å². The molecule has 0 radical (unpaired) electrons. The van der Waals surface area contributed by atoms with Crippen LogP contribution >= 0.6 is 14.5 Å². The monoisotopic (exact) mass is 431 g/mol. The summed E-state index contributed by atoms with van der Waals surface area (Å²) in [5.41, 5.74) is -1.07. The largest absolute Gasteiger partial charge is 0.756 e. The zero-order valence-electron chi connectivity index (χ0n) is 13.6. The number of ether oxygens (including phenoxy) is 1. The molecule has 0 amide bonds. The Balaban J connectivity index is 2.27. The summed E-state index contributed by atoms with van der Waals surface area (Å²) in [7, 11) is -3.90. The highest BCUT2D eigenvalue weighted by atomic mass is 32.5. The first-order valence-corrected chi connectivity index (χ1v) is 11.2. The van der Waals surface area contributed by atoms with E-state index in [1.807, 2.05) is 0 Å². The molecule has 26 heavy (non-hydrogen) atoms. The van der Waals surface area contributed by atoms with Crippen molar-refractivity contribution in [3.05, 3.63) is 32.6 Å². The average molecular weight is 431 g/mol. The maximum atomic E-state index is 12.0. The maximum Gasteiger partial charge on any atom is 0.330 e. The minimum absolute atomic E-state index is 0.0314. The number of rotatable bonds is 7. The normalized spacial score (nSPS) is 27.8. The predicted molar refractivity (Wildman–Crippen MR) is 88.7 cm³/mol. The van der Waals surface area contributed by atoms with Crippen LogP contribution in [0.4, 0.5) is 0 Å². The number of hydrogen-bond donors (Lipinski definition) is 3. The van der Waals surface area contributed by atoms with E-state index in [4.69, 9.17) is 26.0 Å². The molecule has 3 N–H and O–H groups in total. The van der Waals surface area contributed by atoms with Gasteiger partial charge in [-0.25, -0.2) is 4.79 Å². The van der Waals surface area contributed by atoms with Crippen molar-refractivity contribution in [2.45, 2.75) is 31.8 Å². The summed E-state index contributed by atoms with van der Waals surface area (Å²) in [5, 5.41) is 0. The van der Waals surface area contributed by atoms with Crippen LogP contribution in [-0.2, 0) is 34.7 Å². The predicted octanol–water partition coefficient (Wildman–Crippen LogP) is -1.14. The highest BCUT2D eigenvalue weighted by Crippen LogP contribution is 2.48. The zero-order chi connectivity index (χ0) is 19.7. The van der Waals surface area contributed by atoms with E-state index in [2.05, 4.69) is 14.0 Å². The Kier molecular flexibility index (Phi) is 6.73. The lowest BCUT2D eigenvalue weighted by molar-refractivity contribution is -0.222. The third-order valence-corrected chi connectivity index (χ3v) is 5.72. The van der Waals surface area contributed by atoms with Gasteiger partial charge in [0.2, 0.25) is 0 Å². The zero-order valence-corrected chi connectivity index (χ0v) is 16.2. The van der Waals surface area contributed by atoms with E-state index in [0.29, 0.717) is 0 Å². The van der Waals surface area contributed by atoms with E-state index in [1.54, 1.807) is 0 Å². The van der Waals surface area contributed by atoms with Crippen molar-refractivity contribution in [2.24, 2.45) is 0 Å². The van der Waals surface area contributed by atoms with Crippen LogP contribution in [0.5, 0.6) is 0 Å². The Hall–Kier alpha value is -0.720. The number of aryl methyl sites for hydroxylation is 1. The number of phosphoric acid groups is 1. The van der Waals surface area contributed by atoms with Gasteiger partial charge in [0, 0.05) is 25.3 Å². The molecule has 1 aliphatic heterocycles. The summed E-state index contributed by atoms with van der Waals surface area (Å²) in [6.07, 6.45) is -1.83. The van der Waals surface area contributed by atoms with Crippen LogP contribution in [0.25, 0.3) is 0 Å². The summed E-state index contributed by atoms with van der Waals surface area (Å²) < 4.78 is 31.7. The molecule has 148 valence electrons. The molecule has 1 aromatic rings. The number of phosphoric ester groups is 1. The first kappa shape index (κ1) is 21.6. The van der Waals surface area contributed by atoms with Gasteiger partial charge in [-0.2, -0.15) is 0 Å². The average Bonchev–Trinajstić information content (AvgIpc) is 2.90. The first-order chi connectivity index (χ1) is 11.9. The molecular weight excluding hydrogens is 414 g/mol. The quantitative estimate of drug-likeness (QED) is 0.445. The Bertz CT molecular complexity index is 863. The van der Waals surface area contributed by atoms with E-state index in [-0.39, 0.29) is 12.0 Å². The second kappa shape index (κ2) is 8.11. The summed E-state index contributed by atoms with van der Waals surface area (Å²) in [4.78, 5) is 54.9. The van der Waals surface area contributed by atoms with Crippen molar-refractivity contribution in [3.63, 3.8) is 0 Å². The molecule has 5 atom stereocenters. The highest BCUT2D eigenvalue weighted by molar-refractivity contribution is 8.07. The summed E-state index contributed by atoms with van der Waals surface area (Å²) in [6.45, 7) is -2.79. The van der Waals surface area contributed by atoms with Crippen LogP contribution in [0.15, 0.2) is 15.8 Å². The number of hydrogen-bond acceptors (Lipinski definition) is 9. The van der Waals surface area contributed by atoms with Crippen molar-refractivity contribution in [3.8, 4) is 0 Å². The number of nitrogens with zero attached hydrogens (tertiary/aromatic N) is 1. The van der Waals surface area contributed by atoms with Crippen molar-refractivity contribution in [1.82, 2.24) is 9.55 Å². The number of H-pyrrole nitrogens is 1. The van der Waals surface area contributed by atoms with Gasteiger partial charge in [0.05, 0.1) is 12.7 Å². The van der Waals surface area contributed by atoms with Crippen molar-refractivity contribution in [2.75, 3.05) is 13.7 Å². The molecule has 15 heteroatoms. The van der Waals surface area contributed by atoms with Gasteiger partial charge in [-0.15, -0.1) is 0 Å². The number of nitrogens with one attached hydrogen (secondary N) is 1. The molecule has 0 aliphatic carbocycles. The van der Waals surface area contributed by atoms with Gasteiger partial charge in [0.15, 0.2) is 0 Å². The van der Waals surface area contributed by atoms with Gasteiger partial charge in [-0.1, -0.05) is 0 Å². The Labute approximate surface area is 152 Å². The molecule has 1 aromatic heterocycles. The fraction of sp³-hybridized carbons (Fsp3) is 0.636. The molecule has 2 unspecified atom stereocenters. The minimum Gasteiger partial charge on any atom is -0.756 e. The molecule has 2 rings (SSSR count). The third-order valence-electron chi connectivity index (χ3n) is 3.54. The molecule has 12 nitrogen and oxygen atoms in total. The van der Waals surface area contributed by atoms with Crippen LogP contribution in [0.2, 0.25) is 0 Å². The van der Waals surface area contributed by atoms with E-state index < -0.39 is 50.8 Å². The van der Waals surface area contributed by atoms with E-state index in [1.165, 1.54) is 13.1 Å². The van der Waals surface area contributed by atoms with Crippen LogP contribution in [0, 0.1) is 6.92 Å². The summed E-state index contributed by atoms with van der Waals surface area (Å²) >= 11 is 4.75. The minimum atomic E-state index is -5.03. The summed E-state index contributed by atoms with van der Waals surface area (Å²) in [6, 6.07) is 0. The van der Waals surface area contributed by atoms with E-state index >= 15 is 0 Å². The molecule has 1 fully saturated rings. The maximum absolute atomic E-state index is 12.0. The molecule has 1 saturated heterocycles. The van der Waals surface area contributed by atoms with Gasteiger partial charge in [0.1, 0.15) is 12.3 Å². The smallest absolute Gasteiger partial charge is 0.330 e. The van der Waals surface area contributed by atoms with Crippen LogP contribution in [0.1, 0.15) is 18.2 Å². The Morgan fingerprint density at radius 2 is 2.15 bits per heavy atom. The second-order valence-corrected chi connectivity index (χ2v) is 9.50. The van der Waals surface area contributed by atoms with E-state index in [0.717, 1.165) is 11.7 Å². The Morgan fingerprint density at radius 1 is 1.50 bits per heavy atom. The molecule has 2 heterocycles. The van der Waals surface area contributed by atoms with Crippen LogP contribution < -0.4 is 16.1 Å². The van der Waals surface area contributed by atoms with E-state index in [9.17, 15) is 23.9 Å². The standard InChI is InChI=1S/C11H18N2O10P2S/c1-6-4-13(11(15)12-10(6)14)9-3-7(23-25(19,26)20-2)8(22-9)5-21-24(16,17)18/h4,7-9H,3,5H2,1-2H3,(H,19,26)(H,12,14,15)(H2,16,17,18)/p-1/t7-,8-,9-,25?/m1/s1. The topological polar surface area (TPSA) is 172 Å². The van der Waals surface area contributed by atoms with Gasteiger partial charge in [-0.3, -0.25) is 18.9 Å². The second-order valence-electron chi connectivity index (χ2n) is 5.40. The Morgan fingerprint density at radius 3 is 2.73 bits per heavy atom. The van der Waals surface area contributed by atoms with Crippen LogP contribution in [0.3, 0.4) is 0 Å². The third kappa shape index (κ3) is 5.64. The fourth-order valence-electron chi connectivity index (χ4n) is 2.31.